The molecule has 1 aromatic rings. The third kappa shape index (κ3) is 6.35. The summed E-state index contributed by atoms with van der Waals surface area (Å²) >= 11 is 6.21. The van der Waals surface area contributed by atoms with Crippen LogP contribution in [-0.2, 0) is 11.3 Å². The standard InChI is InChI=1S/C15H22ClNO4/c1-3-6-21-15-13(16)9-12(10-14(15)19-2)11-17-4-7-20-8-5-18/h3,9-10,17-18H,1,4-8,11H2,2H3. The van der Waals surface area contributed by atoms with Gasteiger partial charge in [0.25, 0.3) is 0 Å². The number of nitrogens with one attached hydrogen (secondary N) is 1. The van der Waals surface area contributed by atoms with E-state index in [0.29, 0.717) is 49.4 Å². The normalized spacial score (nSPS) is 10.4. The number of hydrogen-bond donors (Lipinski definition) is 2. The minimum atomic E-state index is 0.0407. The van der Waals surface area contributed by atoms with E-state index in [1.54, 1.807) is 13.2 Å². The Bertz CT molecular complexity index is 440. The number of hydrogen-bond acceptors (Lipinski definition) is 5. The molecule has 6 heteroatoms. The average molecular weight is 316 g/mol. The zero-order chi connectivity index (χ0) is 15.5. The van der Waals surface area contributed by atoms with Gasteiger partial charge in [0.2, 0.25) is 0 Å². The quantitative estimate of drug-likeness (QED) is 0.483. The zero-order valence-corrected chi connectivity index (χ0v) is 13.0. The monoisotopic (exact) mass is 315 g/mol. The molecule has 0 fully saturated rings. The highest BCUT2D eigenvalue weighted by molar-refractivity contribution is 6.32. The molecule has 2 N–H and O–H groups in total. The van der Waals surface area contributed by atoms with Crippen molar-refractivity contribution in [2.75, 3.05) is 40.1 Å². The molecule has 21 heavy (non-hydrogen) atoms. The molecular weight excluding hydrogens is 294 g/mol. The SMILES string of the molecule is C=CCOc1c(Cl)cc(CNCCOCCO)cc1OC. The zero-order valence-electron chi connectivity index (χ0n) is 12.2. The third-order valence-electron chi connectivity index (χ3n) is 2.62. The summed E-state index contributed by atoms with van der Waals surface area (Å²) in [6, 6.07) is 3.72. The lowest BCUT2D eigenvalue weighted by Gasteiger charge is -2.13. The first-order valence-corrected chi connectivity index (χ1v) is 7.10. The van der Waals surface area contributed by atoms with E-state index in [-0.39, 0.29) is 6.61 Å². The van der Waals surface area contributed by atoms with Crippen molar-refractivity contribution in [2.24, 2.45) is 0 Å². The van der Waals surface area contributed by atoms with Crippen LogP contribution in [0.15, 0.2) is 24.8 Å². The van der Waals surface area contributed by atoms with E-state index in [9.17, 15) is 0 Å². The van der Waals surface area contributed by atoms with Gasteiger partial charge >= 0.3 is 0 Å². The van der Waals surface area contributed by atoms with Gasteiger partial charge in [0.1, 0.15) is 6.61 Å². The summed E-state index contributed by atoms with van der Waals surface area (Å²) < 4.78 is 16.0. The molecule has 0 spiro atoms. The summed E-state index contributed by atoms with van der Waals surface area (Å²) in [6.45, 7) is 6.25. The second-order valence-electron chi connectivity index (χ2n) is 4.22. The van der Waals surface area contributed by atoms with Crippen molar-refractivity contribution >= 4 is 11.6 Å². The maximum Gasteiger partial charge on any atom is 0.180 e. The highest BCUT2D eigenvalue weighted by Crippen LogP contribution is 2.36. The Hall–Kier alpha value is -1.27. The lowest BCUT2D eigenvalue weighted by atomic mass is 10.2. The molecule has 5 nitrogen and oxygen atoms in total. The fraction of sp³-hybridized carbons (Fsp3) is 0.467. The Labute approximate surface area is 130 Å². The number of methoxy groups -OCH3 is 1. The summed E-state index contributed by atoms with van der Waals surface area (Å²) in [5.74, 6) is 1.12. The molecule has 1 aromatic carbocycles. The van der Waals surface area contributed by atoms with E-state index in [1.807, 2.05) is 12.1 Å². The number of ether oxygens (including phenoxy) is 3. The maximum absolute atomic E-state index is 8.58. The average Bonchev–Trinajstić information content (AvgIpc) is 2.49. The van der Waals surface area contributed by atoms with Gasteiger partial charge in [0, 0.05) is 13.1 Å². The lowest BCUT2D eigenvalue weighted by Crippen LogP contribution is -2.20. The van der Waals surface area contributed by atoms with Crippen molar-refractivity contribution in [2.45, 2.75) is 6.54 Å². The molecule has 0 aliphatic heterocycles. The molecule has 0 aromatic heterocycles. The summed E-state index contributed by atoms with van der Waals surface area (Å²) in [6.07, 6.45) is 1.65. The van der Waals surface area contributed by atoms with Crippen LogP contribution in [0.2, 0.25) is 5.02 Å². The summed E-state index contributed by atoms with van der Waals surface area (Å²) in [7, 11) is 1.58. The van der Waals surface area contributed by atoms with Gasteiger partial charge in [-0.25, -0.2) is 0 Å². The van der Waals surface area contributed by atoms with Gasteiger partial charge in [-0.2, -0.15) is 0 Å². The van der Waals surface area contributed by atoms with Gasteiger partial charge < -0.3 is 24.6 Å². The predicted octanol–water partition coefficient (Wildman–Crippen LogP) is 2.01. The van der Waals surface area contributed by atoms with Crippen molar-refractivity contribution in [3.8, 4) is 11.5 Å². The van der Waals surface area contributed by atoms with Crippen molar-refractivity contribution in [3.63, 3.8) is 0 Å². The van der Waals surface area contributed by atoms with E-state index >= 15 is 0 Å². The topological polar surface area (TPSA) is 60.0 Å². The Morgan fingerprint density at radius 2 is 2.19 bits per heavy atom. The van der Waals surface area contributed by atoms with Gasteiger partial charge in [-0.3, -0.25) is 0 Å². The molecule has 0 aliphatic carbocycles. The summed E-state index contributed by atoms with van der Waals surface area (Å²) in [5, 5.41) is 12.3. The molecule has 0 saturated heterocycles. The van der Waals surface area contributed by atoms with Crippen molar-refractivity contribution < 1.29 is 19.3 Å². The van der Waals surface area contributed by atoms with Crippen LogP contribution in [-0.4, -0.2) is 45.2 Å². The largest absolute Gasteiger partial charge is 0.493 e. The first-order chi connectivity index (χ1) is 10.2. The van der Waals surface area contributed by atoms with Crippen LogP contribution in [0.25, 0.3) is 0 Å². The van der Waals surface area contributed by atoms with Gasteiger partial charge in [-0.05, 0) is 17.7 Å². The molecular formula is C15H22ClNO4. The lowest BCUT2D eigenvalue weighted by molar-refractivity contribution is 0.0938. The van der Waals surface area contributed by atoms with E-state index < -0.39 is 0 Å². The van der Waals surface area contributed by atoms with Gasteiger partial charge in [0.15, 0.2) is 11.5 Å². The number of aliphatic hydroxyl groups is 1. The molecule has 0 unspecified atom stereocenters. The predicted molar refractivity (Wildman–Crippen MR) is 83.3 cm³/mol. The van der Waals surface area contributed by atoms with Crippen molar-refractivity contribution in [3.05, 3.63) is 35.4 Å². The van der Waals surface area contributed by atoms with Crippen LogP contribution in [0.4, 0.5) is 0 Å². The Kier molecular flexibility index (Phi) is 8.85. The second kappa shape index (κ2) is 10.5. The van der Waals surface area contributed by atoms with Crippen molar-refractivity contribution in [1.29, 1.82) is 0 Å². The van der Waals surface area contributed by atoms with E-state index in [0.717, 1.165) is 5.56 Å². The third-order valence-corrected chi connectivity index (χ3v) is 2.90. The van der Waals surface area contributed by atoms with Gasteiger partial charge in [-0.1, -0.05) is 24.3 Å². The molecule has 0 bridgehead atoms. The Balaban J connectivity index is 2.55. The molecule has 0 saturated carbocycles. The fourth-order valence-electron chi connectivity index (χ4n) is 1.70. The summed E-state index contributed by atoms with van der Waals surface area (Å²) in [5.41, 5.74) is 0.991. The van der Waals surface area contributed by atoms with Crippen LogP contribution in [0.1, 0.15) is 5.56 Å². The smallest absolute Gasteiger partial charge is 0.180 e. The van der Waals surface area contributed by atoms with E-state index in [4.69, 9.17) is 30.9 Å². The minimum absolute atomic E-state index is 0.0407. The maximum atomic E-state index is 8.58. The molecule has 0 heterocycles. The molecule has 1 rings (SSSR count). The minimum Gasteiger partial charge on any atom is -0.493 e. The van der Waals surface area contributed by atoms with Crippen LogP contribution in [0, 0.1) is 0 Å². The molecule has 0 radical (unpaired) electrons. The number of halogens is 1. The molecule has 0 amide bonds. The first kappa shape index (κ1) is 17.8. The molecule has 0 aliphatic rings. The Morgan fingerprint density at radius 3 is 2.86 bits per heavy atom. The Morgan fingerprint density at radius 1 is 1.38 bits per heavy atom. The molecule has 0 atom stereocenters. The highest BCUT2D eigenvalue weighted by Gasteiger charge is 2.11. The van der Waals surface area contributed by atoms with Crippen LogP contribution >= 0.6 is 11.6 Å². The second-order valence-corrected chi connectivity index (χ2v) is 4.63. The molecule has 118 valence electrons. The number of rotatable bonds is 11. The van der Waals surface area contributed by atoms with Crippen molar-refractivity contribution in [1.82, 2.24) is 5.32 Å². The van der Waals surface area contributed by atoms with E-state index in [2.05, 4.69) is 11.9 Å². The van der Waals surface area contributed by atoms with Crippen LogP contribution in [0.5, 0.6) is 11.5 Å². The van der Waals surface area contributed by atoms with Crippen LogP contribution < -0.4 is 14.8 Å². The number of benzene rings is 1. The first-order valence-electron chi connectivity index (χ1n) is 6.72. The van der Waals surface area contributed by atoms with Gasteiger partial charge in [-0.15, -0.1) is 0 Å². The van der Waals surface area contributed by atoms with E-state index in [1.165, 1.54) is 0 Å². The van der Waals surface area contributed by atoms with Crippen LogP contribution in [0.3, 0.4) is 0 Å². The highest BCUT2D eigenvalue weighted by atomic mass is 35.5. The van der Waals surface area contributed by atoms with Gasteiger partial charge in [0.05, 0.1) is 32.0 Å². The fourth-order valence-corrected chi connectivity index (χ4v) is 1.99. The number of aliphatic hydroxyl groups excluding tert-OH is 1. The summed E-state index contributed by atoms with van der Waals surface area (Å²) in [4.78, 5) is 0.